The van der Waals surface area contributed by atoms with E-state index in [2.05, 4.69) is 19.2 Å². The van der Waals surface area contributed by atoms with Crippen LogP contribution in [-0.4, -0.2) is 62.3 Å². The maximum absolute atomic E-state index is 12.7. The van der Waals surface area contributed by atoms with Crippen molar-refractivity contribution in [3.05, 3.63) is 29.3 Å². The molecule has 0 bridgehead atoms. The lowest BCUT2D eigenvalue weighted by Crippen LogP contribution is -2.52. The third-order valence-corrected chi connectivity index (χ3v) is 8.37. The topological polar surface area (TPSA) is 69.7 Å². The molecule has 3 atom stereocenters. The first-order valence-electron chi connectivity index (χ1n) is 10.0. The van der Waals surface area contributed by atoms with Gasteiger partial charge in [-0.25, -0.2) is 8.42 Å². The first kappa shape index (κ1) is 21.6. The molecule has 0 aromatic heterocycles. The van der Waals surface area contributed by atoms with Crippen LogP contribution in [0.4, 0.5) is 0 Å². The number of halogens is 1. The molecule has 1 saturated heterocycles. The van der Waals surface area contributed by atoms with E-state index in [0.717, 1.165) is 12.8 Å². The van der Waals surface area contributed by atoms with Crippen LogP contribution in [-0.2, 0) is 14.8 Å². The van der Waals surface area contributed by atoms with Gasteiger partial charge in [-0.2, -0.15) is 4.31 Å². The van der Waals surface area contributed by atoms with Crippen LogP contribution in [0.1, 0.15) is 33.1 Å². The van der Waals surface area contributed by atoms with Gasteiger partial charge < -0.3 is 5.32 Å². The minimum absolute atomic E-state index is 0.0416. The van der Waals surface area contributed by atoms with Gasteiger partial charge in [-0.15, -0.1) is 0 Å². The van der Waals surface area contributed by atoms with E-state index in [1.165, 1.54) is 22.9 Å². The number of amides is 1. The Morgan fingerprint density at radius 2 is 1.75 bits per heavy atom. The number of rotatable bonds is 5. The lowest BCUT2D eigenvalue weighted by molar-refractivity contribution is -0.124. The van der Waals surface area contributed by atoms with Gasteiger partial charge >= 0.3 is 0 Å². The molecule has 1 amide bonds. The molecule has 1 aliphatic heterocycles. The molecule has 8 heteroatoms. The Kier molecular flexibility index (Phi) is 7.02. The number of sulfonamides is 1. The molecule has 1 aromatic carbocycles. The smallest absolute Gasteiger partial charge is 0.243 e. The van der Waals surface area contributed by atoms with Gasteiger partial charge in [0.1, 0.15) is 0 Å². The molecule has 156 valence electrons. The van der Waals surface area contributed by atoms with E-state index >= 15 is 0 Å². The summed E-state index contributed by atoms with van der Waals surface area (Å²) in [5.74, 6) is 1.18. The number of carbonyl (C=O) groups is 1. The van der Waals surface area contributed by atoms with Crippen LogP contribution in [0.3, 0.4) is 0 Å². The van der Waals surface area contributed by atoms with Crippen LogP contribution in [0, 0.1) is 11.8 Å². The Labute approximate surface area is 173 Å². The zero-order valence-corrected chi connectivity index (χ0v) is 18.2. The van der Waals surface area contributed by atoms with Crippen molar-refractivity contribution in [1.29, 1.82) is 0 Å². The molecule has 3 rings (SSSR count). The normalized spacial score (nSPS) is 27.5. The van der Waals surface area contributed by atoms with E-state index in [-0.39, 0.29) is 16.8 Å². The van der Waals surface area contributed by atoms with E-state index in [4.69, 9.17) is 11.6 Å². The molecule has 0 unspecified atom stereocenters. The monoisotopic (exact) mass is 427 g/mol. The first-order chi connectivity index (χ1) is 13.3. The molecule has 2 fully saturated rings. The second-order valence-electron chi connectivity index (χ2n) is 8.08. The van der Waals surface area contributed by atoms with Gasteiger partial charge in [0, 0.05) is 37.2 Å². The Bertz CT molecular complexity index is 776. The van der Waals surface area contributed by atoms with Gasteiger partial charge in [0.05, 0.1) is 11.4 Å². The number of hydrogen-bond donors (Lipinski definition) is 1. The Hall–Kier alpha value is -1.15. The molecule has 28 heavy (non-hydrogen) atoms. The number of benzene rings is 1. The second kappa shape index (κ2) is 9.11. The van der Waals surface area contributed by atoms with Gasteiger partial charge in [0.2, 0.25) is 15.9 Å². The standard InChI is InChI=1S/C20H30ClN3O3S/c1-15-4-3-5-19(16(15)2)22-20(25)14-23-10-12-24(13-11-23)28(26,27)18-8-6-17(21)7-9-18/h6-9,15-16,19H,3-5,10-14H2,1-2H3,(H,22,25)/t15-,16-,19-/m1/s1. The van der Waals surface area contributed by atoms with E-state index in [1.54, 1.807) is 12.1 Å². The number of carbonyl (C=O) groups excluding carboxylic acids is 1. The van der Waals surface area contributed by atoms with Crippen molar-refractivity contribution in [2.24, 2.45) is 11.8 Å². The highest BCUT2D eigenvalue weighted by atomic mass is 35.5. The van der Waals surface area contributed by atoms with Crippen LogP contribution < -0.4 is 5.32 Å². The summed E-state index contributed by atoms with van der Waals surface area (Å²) < 4.78 is 27.0. The van der Waals surface area contributed by atoms with Crippen molar-refractivity contribution in [1.82, 2.24) is 14.5 Å². The summed E-state index contributed by atoms with van der Waals surface area (Å²) in [5.41, 5.74) is 0. The van der Waals surface area contributed by atoms with Crippen molar-refractivity contribution >= 4 is 27.5 Å². The number of nitrogens with one attached hydrogen (secondary N) is 1. The Morgan fingerprint density at radius 3 is 2.39 bits per heavy atom. The lowest BCUT2D eigenvalue weighted by Gasteiger charge is -2.36. The van der Waals surface area contributed by atoms with Crippen molar-refractivity contribution in [2.75, 3.05) is 32.7 Å². The highest BCUT2D eigenvalue weighted by molar-refractivity contribution is 7.89. The summed E-state index contributed by atoms with van der Waals surface area (Å²) in [6.45, 7) is 6.67. The average molecular weight is 428 g/mol. The van der Waals surface area contributed by atoms with Crippen molar-refractivity contribution in [3.8, 4) is 0 Å². The summed E-state index contributed by atoms with van der Waals surface area (Å²) in [6.07, 6.45) is 3.44. The molecule has 1 saturated carbocycles. The van der Waals surface area contributed by atoms with E-state index < -0.39 is 10.0 Å². The largest absolute Gasteiger partial charge is 0.352 e. The molecule has 1 N–H and O–H groups in total. The van der Waals surface area contributed by atoms with Crippen LogP contribution in [0.2, 0.25) is 5.02 Å². The maximum atomic E-state index is 12.7. The van der Waals surface area contributed by atoms with E-state index in [9.17, 15) is 13.2 Å². The summed E-state index contributed by atoms with van der Waals surface area (Å²) in [4.78, 5) is 14.7. The maximum Gasteiger partial charge on any atom is 0.243 e. The average Bonchev–Trinajstić information content (AvgIpc) is 2.66. The highest BCUT2D eigenvalue weighted by Crippen LogP contribution is 2.29. The van der Waals surface area contributed by atoms with Crippen molar-refractivity contribution in [2.45, 2.75) is 44.0 Å². The first-order valence-corrected chi connectivity index (χ1v) is 11.9. The number of hydrogen-bond acceptors (Lipinski definition) is 4. The minimum Gasteiger partial charge on any atom is -0.352 e. The Morgan fingerprint density at radius 1 is 1.11 bits per heavy atom. The van der Waals surface area contributed by atoms with Gasteiger partial charge in [-0.05, 0) is 42.5 Å². The lowest BCUT2D eigenvalue weighted by atomic mass is 9.78. The molecular weight excluding hydrogens is 398 g/mol. The molecular formula is C20H30ClN3O3S. The molecule has 1 aromatic rings. The molecule has 0 spiro atoms. The molecule has 1 heterocycles. The van der Waals surface area contributed by atoms with Crippen molar-refractivity contribution < 1.29 is 13.2 Å². The fraction of sp³-hybridized carbons (Fsp3) is 0.650. The van der Waals surface area contributed by atoms with Crippen LogP contribution in [0.5, 0.6) is 0 Å². The summed E-state index contributed by atoms with van der Waals surface area (Å²) in [5, 5.41) is 3.70. The number of nitrogens with zero attached hydrogens (tertiary/aromatic N) is 2. The number of piperazine rings is 1. The zero-order chi connectivity index (χ0) is 20.3. The highest BCUT2D eigenvalue weighted by Gasteiger charge is 2.31. The molecule has 2 aliphatic rings. The fourth-order valence-corrected chi connectivity index (χ4v) is 5.67. The summed E-state index contributed by atoms with van der Waals surface area (Å²) >= 11 is 5.85. The zero-order valence-electron chi connectivity index (χ0n) is 16.6. The summed E-state index contributed by atoms with van der Waals surface area (Å²) in [7, 11) is -3.52. The van der Waals surface area contributed by atoms with E-state index in [0.29, 0.717) is 49.6 Å². The molecule has 1 aliphatic carbocycles. The van der Waals surface area contributed by atoms with Crippen LogP contribution in [0.15, 0.2) is 29.2 Å². The van der Waals surface area contributed by atoms with Crippen molar-refractivity contribution in [3.63, 3.8) is 0 Å². The summed E-state index contributed by atoms with van der Waals surface area (Å²) in [6, 6.07) is 6.49. The molecule has 6 nitrogen and oxygen atoms in total. The van der Waals surface area contributed by atoms with Gasteiger partial charge in [-0.3, -0.25) is 9.69 Å². The van der Waals surface area contributed by atoms with Gasteiger partial charge in [-0.1, -0.05) is 38.3 Å². The quantitative estimate of drug-likeness (QED) is 0.784. The van der Waals surface area contributed by atoms with Gasteiger partial charge in [0.25, 0.3) is 0 Å². The minimum atomic E-state index is -3.52. The molecule has 0 radical (unpaired) electrons. The van der Waals surface area contributed by atoms with Crippen LogP contribution >= 0.6 is 11.6 Å². The SMILES string of the molecule is C[C@@H]1[C@H](C)CCC[C@H]1NC(=O)CN1CCN(S(=O)(=O)c2ccc(Cl)cc2)CC1. The van der Waals surface area contributed by atoms with Gasteiger partial charge in [0.15, 0.2) is 0 Å². The second-order valence-corrected chi connectivity index (χ2v) is 10.4. The predicted octanol–water partition coefficient (Wildman–Crippen LogP) is 2.59. The van der Waals surface area contributed by atoms with E-state index in [1.807, 2.05) is 4.90 Å². The predicted molar refractivity (Wildman–Crippen MR) is 111 cm³/mol. The fourth-order valence-electron chi connectivity index (χ4n) is 4.12. The third kappa shape index (κ3) is 5.06. The van der Waals surface area contributed by atoms with Crippen LogP contribution in [0.25, 0.3) is 0 Å². The Balaban J connectivity index is 1.50. The third-order valence-electron chi connectivity index (χ3n) is 6.20.